The SMILES string of the molecule is CC.CC(=O)[C@@H]1[C@H](C)CCN1C.COc1ccc2nc(C(F)(F)CCCOC3CCCC3)c(OC)nc2c1.C[C@H]([NH-])C=O.[N-]=O.[Y]. The fraction of sp³-hybridized carbons (Fsp3) is 0.688. The molecule has 2 aromatic rings. The van der Waals surface area contributed by atoms with E-state index in [0.717, 1.165) is 32.2 Å². The molecular formula is C32H51F2N5O6Y-2. The number of hydrogen-bond donors (Lipinski definition) is 0. The average molecular weight is 729 g/mol. The minimum atomic E-state index is -3.13. The number of hydrogen-bond acceptors (Lipinski definition) is 9. The number of nitrogens with zero attached hydrogens (tertiary/aromatic N) is 4. The number of benzene rings is 1. The number of ketones is 1. The normalized spacial score (nSPS) is 18.1. The standard InChI is InChI=1S/C19H24F2N2O3.C8H15NO.C3H6NO.C2H6.NO.Y/c1-24-14-8-9-15-16(12-14)23-18(25-2)17(22-15)19(20,21)10-5-11-26-13-6-3-4-7-13;1-6-4-5-9(3)8(6)7(2)10;1-3(4)2-5;2*1-2;/h8-9,12-13H,3-7,10-11H2,1-2H3;6,8H,4-5H2,1-3H3;2-4H,1H3;1-2H3;;/q;;-1;;-1;/t;6-,8+;3-;;;/m.10.../s1. The number of Topliss-reactive ketones (excluding diaryl/α,β-unsaturated/α-hetero) is 1. The smallest absolute Gasteiger partial charge is 0.295 e. The predicted molar refractivity (Wildman–Crippen MR) is 173 cm³/mol. The molecule has 2 fully saturated rings. The predicted octanol–water partition coefficient (Wildman–Crippen LogP) is 7.37. The Hall–Kier alpha value is -2.06. The van der Waals surface area contributed by atoms with Crippen LogP contribution in [0.25, 0.3) is 22.4 Å². The Morgan fingerprint density at radius 1 is 1.13 bits per heavy atom. The zero-order valence-corrected chi connectivity index (χ0v) is 31.4. The van der Waals surface area contributed by atoms with Crippen molar-refractivity contribution in [1.29, 1.82) is 0 Å². The molecule has 2 aliphatic rings. The van der Waals surface area contributed by atoms with Gasteiger partial charge in [0.25, 0.3) is 5.92 Å². The van der Waals surface area contributed by atoms with Gasteiger partial charge in [-0.15, -0.1) is 0 Å². The molecule has 1 radical (unpaired) electrons. The molecule has 0 unspecified atom stereocenters. The first kappa shape index (κ1) is 46.1. The van der Waals surface area contributed by atoms with Gasteiger partial charge in [0.05, 0.1) is 37.4 Å². The number of rotatable bonds is 10. The van der Waals surface area contributed by atoms with E-state index >= 15 is 0 Å². The van der Waals surface area contributed by atoms with Gasteiger partial charge in [0.2, 0.25) is 5.88 Å². The number of fused-ring (bicyclic) bond motifs is 1. The maximum atomic E-state index is 14.7. The van der Waals surface area contributed by atoms with Gasteiger partial charge in [0.1, 0.15) is 17.8 Å². The number of alkyl halides is 2. The molecule has 3 atom stereocenters. The molecule has 1 aromatic carbocycles. The van der Waals surface area contributed by atoms with Crippen LogP contribution in [-0.4, -0.2) is 79.5 Å². The fourth-order valence-corrected chi connectivity index (χ4v) is 5.09. The summed E-state index contributed by atoms with van der Waals surface area (Å²) < 4.78 is 45.3. The average Bonchev–Trinajstić information content (AvgIpc) is 3.69. The van der Waals surface area contributed by atoms with Crippen LogP contribution >= 0.6 is 0 Å². The number of halogens is 2. The van der Waals surface area contributed by atoms with E-state index in [1.807, 2.05) is 20.9 Å². The summed E-state index contributed by atoms with van der Waals surface area (Å²) in [7, 11) is 4.87. The van der Waals surface area contributed by atoms with Crippen molar-refractivity contribution in [2.45, 2.75) is 104 Å². The third-order valence-electron chi connectivity index (χ3n) is 7.24. The number of likely N-dealkylation sites (tertiary alicyclic amines) is 1. The molecule has 1 saturated heterocycles. The molecule has 0 amide bonds. The number of carbonyl (C=O) groups excluding carboxylic acids is 2. The van der Waals surface area contributed by atoms with E-state index in [9.17, 15) is 18.4 Å². The van der Waals surface area contributed by atoms with Crippen LogP contribution in [0, 0.1) is 10.8 Å². The molecule has 4 rings (SSSR count). The Kier molecular flexibility index (Phi) is 25.1. The van der Waals surface area contributed by atoms with E-state index in [4.69, 9.17) is 30.4 Å². The molecule has 1 aromatic heterocycles. The fourth-order valence-electron chi connectivity index (χ4n) is 5.09. The van der Waals surface area contributed by atoms with Crippen LogP contribution in [0.5, 0.6) is 11.6 Å². The van der Waals surface area contributed by atoms with Crippen molar-refractivity contribution in [2.24, 2.45) is 5.92 Å². The van der Waals surface area contributed by atoms with E-state index < -0.39 is 17.7 Å². The number of methoxy groups -OCH3 is 2. The summed E-state index contributed by atoms with van der Waals surface area (Å²) in [6.07, 6.45) is 6.27. The number of aromatic nitrogens is 2. The van der Waals surface area contributed by atoms with Gasteiger partial charge in [0, 0.05) is 51.8 Å². The Balaban J connectivity index is 0. The van der Waals surface area contributed by atoms with Crippen molar-refractivity contribution in [3.63, 3.8) is 0 Å². The summed E-state index contributed by atoms with van der Waals surface area (Å²) in [6, 6.07) is 4.57. The van der Waals surface area contributed by atoms with Crippen molar-refractivity contribution in [3.8, 4) is 11.6 Å². The molecule has 1 N–H and O–H groups in total. The second-order valence-corrected chi connectivity index (χ2v) is 10.7. The van der Waals surface area contributed by atoms with Gasteiger partial charge >= 0.3 is 0 Å². The van der Waals surface area contributed by atoms with Gasteiger partial charge < -0.3 is 35.2 Å². The van der Waals surface area contributed by atoms with Crippen LogP contribution in [0.2, 0.25) is 0 Å². The summed E-state index contributed by atoms with van der Waals surface area (Å²) in [5.41, 5.74) is 12.6. The molecule has 1 saturated carbocycles. The monoisotopic (exact) mass is 728 g/mol. The Morgan fingerprint density at radius 3 is 2.15 bits per heavy atom. The number of ether oxygens (including phenoxy) is 3. The molecule has 2 heterocycles. The third-order valence-corrected chi connectivity index (χ3v) is 7.24. The number of nitrogens with one attached hydrogen (secondary N) is 1. The zero-order valence-electron chi connectivity index (χ0n) is 28.6. The van der Waals surface area contributed by atoms with Crippen LogP contribution < -0.4 is 9.47 Å². The van der Waals surface area contributed by atoms with Gasteiger partial charge in [0.15, 0.2) is 5.69 Å². The second-order valence-electron chi connectivity index (χ2n) is 10.7. The van der Waals surface area contributed by atoms with E-state index in [0.29, 0.717) is 41.4 Å². The first-order chi connectivity index (χ1) is 21.4. The van der Waals surface area contributed by atoms with Crippen molar-refractivity contribution in [2.75, 3.05) is 34.4 Å². The van der Waals surface area contributed by atoms with Gasteiger partial charge in [-0.05, 0) is 64.3 Å². The largest absolute Gasteiger partial charge is 0.669 e. The summed E-state index contributed by atoms with van der Waals surface area (Å²) in [5.74, 6) is -1.84. The van der Waals surface area contributed by atoms with E-state index in [1.165, 1.54) is 27.6 Å². The molecule has 11 nitrogen and oxygen atoms in total. The van der Waals surface area contributed by atoms with Crippen molar-refractivity contribution in [3.05, 3.63) is 40.1 Å². The summed E-state index contributed by atoms with van der Waals surface area (Å²) in [4.78, 5) is 38.0. The van der Waals surface area contributed by atoms with Gasteiger partial charge in [-0.25, -0.2) is 9.97 Å². The molecular weight excluding hydrogens is 677 g/mol. The van der Waals surface area contributed by atoms with E-state index in [1.54, 1.807) is 25.1 Å². The molecule has 1 aliphatic heterocycles. The van der Waals surface area contributed by atoms with Crippen molar-refractivity contribution < 1.29 is 65.3 Å². The number of likely N-dealkylation sites (N-methyl/N-ethyl adjacent to an activating group) is 1. The topological polar surface area (TPSA) is 154 Å². The summed E-state index contributed by atoms with van der Waals surface area (Å²) in [6.45, 7) is 10.8. The van der Waals surface area contributed by atoms with Crippen LogP contribution in [-0.2, 0) is 53.0 Å². The zero-order chi connectivity index (χ0) is 34.6. The molecule has 46 heavy (non-hydrogen) atoms. The van der Waals surface area contributed by atoms with Gasteiger partial charge in [-0.1, -0.05) is 46.6 Å². The Morgan fingerprint density at radius 2 is 1.72 bits per heavy atom. The summed E-state index contributed by atoms with van der Waals surface area (Å²) >= 11 is 0. The minimum absolute atomic E-state index is 0. The van der Waals surface area contributed by atoms with Crippen LogP contribution in [0.3, 0.4) is 0 Å². The third kappa shape index (κ3) is 15.7. The molecule has 14 heteroatoms. The summed E-state index contributed by atoms with van der Waals surface area (Å²) in [5, 5.41) is 0. The van der Waals surface area contributed by atoms with Gasteiger partial charge in [-0.2, -0.15) is 8.78 Å². The quantitative estimate of drug-likeness (QED) is 0.180. The van der Waals surface area contributed by atoms with E-state index in [-0.39, 0.29) is 63.6 Å². The Labute approximate surface area is 297 Å². The van der Waals surface area contributed by atoms with Crippen molar-refractivity contribution in [1.82, 2.24) is 14.9 Å². The maximum absolute atomic E-state index is 14.7. The van der Waals surface area contributed by atoms with Crippen molar-refractivity contribution >= 4 is 23.1 Å². The van der Waals surface area contributed by atoms with Crippen LogP contribution in [0.15, 0.2) is 18.2 Å². The second kappa shape index (κ2) is 25.0. The molecule has 0 bridgehead atoms. The molecule has 1 aliphatic carbocycles. The van der Waals surface area contributed by atoms with Gasteiger partial charge in [-0.3, -0.25) is 9.69 Å². The molecule has 0 spiro atoms. The minimum Gasteiger partial charge on any atom is -0.669 e. The first-order valence-electron chi connectivity index (χ1n) is 15.4. The maximum Gasteiger partial charge on any atom is 0.295 e. The number of nitroso groups, excluding NO2 is 1. The number of aldehydes is 1. The Bertz CT molecular complexity index is 1130. The first-order valence-corrected chi connectivity index (χ1v) is 15.4. The van der Waals surface area contributed by atoms with Crippen LogP contribution in [0.4, 0.5) is 8.78 Å². The van der Waals surface area contributed by atoms with E-state index in [2.05, 4.69) is 21.8 Å². The number of carbonyl (C=O) groups is 2. The molecule has 259 valence electrons. The van der Waals surface area contributed by atoms with Crippen LogP contribution in [0.1, 0.15) is 85.3 Å².